The van der Waals surface area contributed by atoms with Crippen LogP contribution in [0.3, 0.4) is 0 Å². The van der Waals surface area contributed by atoms with Crippen LogP contribution in [0.2, 0.25) is 0 Å². The van der Waals surface area contributed by atoms with Gasteiger partial charge in [-0.2, -0.15) is 4.98 Å². The van der Waals surface area contributed by atoms with E-state index in [9.17, 15) is 4.79 Å². The molecule has 0 spiro atoms. The molecule has 0 radical (unpaired) electrons. The normalized spacial score (nSPS) is 10.8. The molecule has 0 amide bonds. The average Bonchev–Trinajstić information content (AvgIpc) is 3.05. The van der Waals surface area contributed by atoms with Crippen LogP contribution in [0.4, 0.5) is 0 Å². The Labute approximate surface area is 120 Å². The molecule has 1 N–H and O–H groups in total. The SMILES string of the molecule is Cc1cc(-c2nc(-c3ccc(C(=O)O)cc3)no2)c(C)o1. The number of carboxylic acids is 1. The monoisotopic (exact) mass is 284 g/mol. The van der Waals surface area contributed by atoms with Crippen LogP contribution in [0, 0.1) is 13.8 Å². The number of furan rings is 1. The highest BCUT2D eigenvalue weighted by molar-refractivity contribution is 5.88. The van der Waals surface area contributed by atoms with Gasteiger partial charge in [0, 0.05) is 5.56 Å². The van der Waals surface area contributed by atoms with Crippen molar-refractivity contribution < 1.29 is 18.8 Å². The summed E-state index contributed by atoms with van der Waals surface area (Å²) in [6.45, 7) is 3.67. The molecule has 3 rings (SSSR count). The number of rotatable bonds is 3. The molecule has 0 bridgehead atoms. The van der Waals surface area contributed by atoms with Gasteiger partial charge in [-0.3, -0.25) is 0 Å². The van der Waals surface area contributed by atoms with Crippen molar-refractivity contribution >= 4 is 5.97 Å². The summed E-state index contributed by atoms with van der Waals surface area (Å²) >= 11 is 0. The van der Waals surface area contributed by atoms with Crippen molar-refractivity contribution in [1.82, 2.24) is 10.1 Å². The van der Waals surface area contributed by atoms with E-state index in [1.165, 1.54) is 12.1 Å². The van der Waals surface area contributed by atoms with Gasteiger partial charge in [-0.1, -0.05) is 17.3 Å². The number of nitrogens with zero attached hydrogens (tertiary/aromatic N) is 2. The van der Waals surface area contributed by atoms with E-state index in [2.05, 4.69) is 10.1 Å². The summed E-state index contributed by atoms with van der Waals surface area (Å²) in [5.41, 5.74) is 1.66. The molecular weight excluding hydrogens is 272 g/mol. The summed E-state index contributed by atoms with van der Waals surface area (Å²) in [5, 5.41) is 12.8. The van der Waals surface area contributed by atoms with Crippen LogP contribution in [-0.4, -0.2) is 21.2 Å². The zero-order valence-corrected chi connectivity index (χ0v) is 11.5. The molecule has 0 aliphatic heterocycles. The number of carbonyl (C=O) groups is 1. The topological polar surface area (TPSA) is 89.4 Å². The van der Waals surface area contributed by atoms with Gasteiger partial charge in [-0.05, 0) is 32.0 Å². The predicted octanol–water partition coefficient (Wildman–Crippen LogP) is 3.31. The van der Waals surface area contributed by atoms with Gasteiger partial charge in [0.1, 0.15) is 11.5 Å². The van der Waals surface area contributed by atoms with Crippen molar-refractivity contribution in [1.29, 1.82) is 0 Å². The summed E-state index contributed by atoms with van der Waals surface area (Å²) in [4.78, 5) is 15.1. The minimum absolute atomic E-state index is 0.212. The minimum atomic E-state index is -0.972. The minimum Gasteiger partial charge on any atom is -0.478 e. The molecule has 2 aromatic heterocycles. The van der Waals surface area contributed by atoms with Crippen LogP contribution in [0.5, 0.6) is 0 Å². The molecular formula is C15H12N2O4. The first-order valence-electron chi connectivity index (χ1n) is 6.29. The fourth-order valence-corrected chi connectivity index (χ4v) is 2.06. The average molecular weight is 284 g/mol. The number of hydrogen-bond acceptors (Lipinski definition) is 5. The van der Waals surface area contributed by atoms with Gasteiger partial charge in [0.25, 0.3) is 5.89 Å². The van der Waals surface area contributed by atoms with Crippen molar-refractivity contribution in [2.45, 2.75) is 13.8 Å². The van der Waals surface area contributed by atoms with E-state index in [1.54, 1.807) is 12.1 Å². The van der Waals surface area contributed by atoms with Gasteiger partial charge in [-0.25, -0.2) is 4.79 Å². The lowest BCUT2D eigenvalue weighted by atomic mass is 10.1. The van der Waals surface area contributed by atoms with E-state index in [1.807, 2.05) is 19.9 Å². The van der Waals surface area contributed by atoms with Crippen LogP contribution in [-0.2, 0) is 0 Å². The van der Waals surface area contributed by atoms with Gasteiger partial charge in [-0.15, -0.1) is 0 Å². The summed E-state index contributed by atoms with van der Waals surface area (Å²) in [5.74, 6) is 1.29. The van der Waals surface area contributed by atoms with Crippen molar-refractivity contribution in [2.75, 3.05) is 0 Å². The lowest BCUT2D eigenvalue weighted by Gasteiger charge is -1.95. The Morgan fingerprint density at radius 3 is 2.48 bits per heavy atom. The summed E-state index contributed by atoms with van der Waals surface area (Å²) in [6, 6.07) is 8.12. The molecule has 1 aromatic carbocycles. The second-order valence-electron chi connectivity index (χ2n) is 4.63. The molecule has 0 atom stereocenters. The summed E-state index contributed by atoms with van der Waals surface area (Å²) < 4.78 is 10.7. The van der Waals surface area contributed by atoms with Crippen molar-refractivity contribution in [3.8, 4) is 22.8 Å². The molecule has 2 heterocycles. The first kappa shape index (κ1) is 13.1. The van der Waals surface area contributed by atoms with Crippen LogP contribution < -0.4 is 0 Å². The lowest BCUT2D eigenvalue weighted by Crippen LogP contribution is -1.95. The second kappa shape index (κ2) is 4.90. The van der Waals surface area contributed by atoms with Crippen LogP contribution in [0.25, 0.3) is 22.8 Å². The maximum Gasteiger partial charge on any atom is 0.335 e. The van der Waals surface area contributed by atoms with Crippen LogP contribution in [0.15, 0.2) is 39.3 Å². The van der Waals surface area contributed by atoms with E-state index in [-0.39, 0.29) is 5.56 Å². The Morgan fingerprint density at radius 2 is 1.90 bits per heavy atom. The highest BCUT2D eigenvalue weighted by atomic mass is 16.5. The number of aromatic carboxylic acids is 1. The van der Waals surface area contributed by atoms with Crippen LogP contribution >= 0.6 is 0 Å². The molecule has 0 saturated carbocycles. The van der Waals surface area contributed by atoms with Crippen molar-refractivity contribution in [2.24, 2.45) is 0 Å². The molecule has 21 heavy (non-hydrogen) atoms. The largest absolute Gasteiger partial charge is 0.478 e. The Hall–Kier alpha value is -2.89. The molecule has 6 heteroatoms. The quantitative estimate of drug-likeness (QED) is 0.793. The molecule has 106 valence electrons. The summed E-state index contributed by atoms with van der Waals surface area (Å²) in [6.07, 6.45) is 0. The third-order valence-electron chi connectivity index (χ3n) is 3.09. The fraction of sp³-hybridized carbons (Fsp3) is 0.133. The number of aromatic nitrogens is 2. The third-order valence-corrected chi connectivity index (χ3v) is 3.09. The molecule has 0 aliphatic carbocycles. The Morgan fingerprint density at radius 1 is 1.19 bits per heavy atom. The zero-order valence-electron chi connectivity index (χ0n) is 11.5. The molecule has 0 fully saturated rings. The van der Waals surface area contributed by atoms with Gasteiger partial charge in [0.05, 0.1) is 11.1 Å². The number of aryl methyl sites for hydroxylation is 2. The maximum atomic E-state index is 10.8. The number of hydrogen-bond donors (Lipinski definition) is 1. The van der Waals surface area contributed by atoms with Gasteiger partial charge < -0.3 is 14.0 Å². The van der Waals surface area contributed by atoms with E-state index in [0.717, 1.165) is 11.3 Å². The Kier molecular flexibility index (Phi) is 3.06. The van der Waals surface area contributed by atoms with Gasteiger partial charge in [0.2, 0.25) is 5.82 Å². The highest BCUT2D eigenvalue weighted by Crippen LogP contribution is 2.27. The first-order chi connectivity index (χ1) is 10.0. The molecule has 6 nitrogen and oxygen atoms in total. The highest BCUT2D eigenvalue weighted by Gasteiger charge is 2.16. The molecule has 0 unspecified atom stereocenters. The molecule has 3 aromatic rings. The maximum absolute atomic E-state index is 10.8. The molecule has 0 saturated heterocycles. The zero-order chi connectivity index (χ0) is 15.0. The Balaban J connectivity index is 1.94. The van der Waals surface area contributed by atoms with Gasteiger partial charge >= 0.3 is 5.97 Å². The number of carboxylic acid groups (broad SMARTS) is 1. The summed E-state index contributed by atoms with van der Waals surface area (Å²) in [7, 11) is 0. The van der Waals surface area contributed by atoms with Crippen molar-refractivity contribution in [3.05, 3.63) is 47.4 Å². The van der Waals surface area contributed by atoms with Crippen LogP contribution in [0.1, 0.15) is 21.9 Å². The smallest absolute Gasteiger partial charge is 0.335 e. The lowest BCUT2D eigenvalue weighted by molar-refractivity contribution is 0.0697. The standard InChI is InChI=1S/C15H12N2O4/c1-8-7-12(9(2)20-8)14-16-13(17-21-14)10-3-5-11(6-4-10)15(18)19/h3-7H,1-2H3,(H,18,19). The number of benzene rings is 1. The predicted molar refractivity (Wildman–Crippen MR) is 73.9 cm³/mol. The molecule has 0 aliphatic rings. The van der Waals surface area contributed by atoms with E-state index in [4.69, 9.17) is 14.0 Å². The first-order valence-corrected chi connectivity index (χ1v) is 6.29. The van der Waals surface area contributed by atoms with Crippen molar-refractivity contribution in [3.63, 3.8) is 0 Å². The third kappa shape index (κ3) is 2.43. The van der Waals surface area contributed by atoms with E-state index >= 15 is 0 Å². The fourth-order valence-electron chi connectivity index (χ4n) is 2.06. The Bertz CT molecular complexity index is 799. The second-order valence-corrected chi connectivity index (χ2v) is 4.63. The van der Waals surface area contributed by atoms with Gasteiger partial charge in [0.15, 0.2) is 0 Å². The van der Waals surface area contributed by atoms with E-state index in [0.29, 0.717) is 23.0 Å². The van der Waals surface area contributed by atoms with E-state index < -0.39 is 5.97 Å².